The van der Waals surface area contributed by atoms with Crippen LogP contribution in [0.2, 0.25) is 10.0 Å². The number of hydrogen-bond acceptors (Lipinski definition) is 2. The molecule has 0 unspecified atom stereocenters. The molecule has 100 valence electrons. The third-order valence-electron chi connectivity index (χ3n) is 3.25. The first-order chi connectivity index (χ1) is 8.75. The van der Waals surface area contributed by atoms with Gasteiger partial charge in [0, 0.05) is 13.1 Å². The van der Waals surface area contributed by atoms with Crippen LogP contribution < -0.4 is 5.32 Å². The van der Waals surface area contributed by atoms with Crippen LogP contribution in [-0.4, -0.2) is 19.3 Å². The van der Waals surface area contributed by atoms with E-state index in [1.54, 1.807) is 0 Å². The Morgan fingerprint density at radius 3 is 2.67 bits per heavy atom. The van der Waals surface area contributed by atoms with Crippen LogP contribution in [0, 0.1) is 0 Å². The van der Waals surface area contributed by atoms with Gasteiger partial charge in [0.15, 0.2) is 0 Å². The van der Waals surface area contributed by atoms with Gasteiger partial charge in [0.05, 0.1) is 22.8 Å². The quantitative estimate of drug-likeness (QED) is 0.798. The fraction of sp³-hybridized carbons (Fsp3) is 0.571. The van der Waals surface area contributed by atoms with Gasteiger partial charge in [-0.1, -0.05) is 42.1 Å². The van der Waals surface area contributed by atoms with Crippen LogP contribution in [0.1, 0.15) is 31.2 Å². The van der Waals surface area contributed by atoms with Crippen molar-refractivity contribution in [2.24, 2.45) is 0 Å². The van der Waals surface area contributed by atoms with E-state index < -0.39 is 0 Å². The average molecular weight is 288 g/mol. The summed E-state index contributed by atoms with van der Waals surface area (Å²) < 4.78 is 5.77. The van der Waals surface area contributed by atoms with Gasteiger partial charge < -0.3 is 10.1 Å². The van der Waals surface area contributed by atoms with E-state index in [1.165, 1.54) is 25.7 Å². The van der Waals surface area contributed by atoms with Crippen molar-refractivity contribution in [2.45, 2.75) is 38.3 Å². The minimum absolute atomic E-state index is 0.497. The number of ether oxygens (including phenoxy) is 1. The fourth-order valence-corrected chi connectivity index (χ4v) is 2.56. The monoisotopic (exact) mass is 287 g/mol. The van der Waals surface area contributed by atoms with Crippen LogP contribution in [0.3, 0.4) is 0 Å². The van der Waals surface area contributed by atoms with Gasteiger partial charge in [0.2, 0.25) is 0 Å². The molecular formula is C14H19Cl2NO. The van der Waals surface area contributed by atoms with Crippen molar-refractivity contribution < 1.29 is 4.74 Å². The summed E-state index contributed by atoms with van der Waals surface area (Å²) in [5.41, 5.74) is 1.14. The van der Waals surface area contributed by atoms with Crippen LogP contribution >= 0.6 is 23.2 Å². The second-order valence-electron chi connectivity index (χ2n) is 4.70. The third-order valence-corrected chi connectivity index (χ3v) is 3.99. The maximum absolute atomic E-state index is 5.96. The summed E-state index contributed by atoms with van der Waals surface area (Å²) >= 11 is 11.8. The van der Waals surface area contributed by atoms with Crippen LogP contribution in [-0.2, 0) is 11.3 Å². The van der Waals surface area contributed by atoms with Gasteiger partial charge in [-0.15, -0.1) is 0 Å². The molecular weight excluding hydrogens is 269 g/mol. The highest BCUT2D eigenvalue weighted by Gasteiger charge is 2.14. The second-order valence-corrected chi connectivity index (χ2v) is 5.52. The van der Waals surface area contributed by atoms with E-state index in [0.29, 0.717) is 16.1 Å². The van der Waals surface area contributed by atoms with Crippen molar-refractivity contribution in [3.63, 3.8) is 0 Å². The first-order valence-corrected chi connectivity index (χ1v) is 7.27. The van der Waals surface area contributed by atoms with Gasteiger partial charge in [-0.25, -0.2) is 0 Å². The normalized spacial score (nSPS) is 16.3. The zero-order chi connectivity index (χ0) is 12.8. The molecule has 18 heavy (non-hydrogen) atoms. The maximum atomic E-state index is 5.96. The zero-order valence-corrected chi connectivity index (χ0v) is 11.9. The Balaban J connectivity index is 1.61. The van der Waals surface area contributed by atoms with Gasteiger partial charge in [-0.05, 0) is 30.5 Å². The van der Waals surface area contributed by atoms with Crippen molar-refractivity contribution in [3.8, 4) is 0 Å². The number of hydrogen-bond donors (Lipinski definition) is 1. The van der Waals surface area contributed by atoms with Crippen molar-refractivity contribution in [1.82, 2.24) is 5.32 Å². The second kappa shape index (κ2) is 7.34. The summed E-state index contributed by atoms with van der Waals surface area (Å²) in [5.74, 6) is 0. The predicted octanol–water partition coefficient (Wildman–Crippen LogP) is 4.04. The molecule has 1 fully saturated rings. The lowest BCUT2D eigenvalue weighted by atomic mass is 10.2. The van der Waals surface area contributed by atoms with Gasteiger partial charge in [-0.3, -0.25) is 0 Å². The molecule has 1 N–H and O–H groups in total. The zero-order valence-electron chi connectivity index (χ0n) is 10.4. The van der Waals surface area contributed by atoms with Gasteiger partial charge in [0.1, 0.15) is 0 Å². The molecule has 0 heterocycles. The van der Waals surface area contributed by atoms with Gasteiger partial charge in [0.25, 0.3) is 0 Å². The number of nitrogens with one attached hydrogen (secondary N) is 1. The van der Waals surface area contributed by atoms with Crippen LogP contribution in [0.4, 0.5) is 0 Å². The summed E-state index contributed by atoms with van der Waals surface area (Å²) in [6.45, 7) is 2.45. The van der Waals surface area contributed by atoms with Crippen molar-refractivity contribution in [2.75, 3.05) is 13.2 Å². The predicted molar refractivity (Wildman–Crippen MR) is 76.4 cm³/mol. The molecule has 2 rings (SSSR count). The van der Waals surface area contributed by atoms with Gasteiger partial charge in [-0.2, -0.15) is 0 Å². The Morgan fingerprint density at radius 1 is 1.17 bits per heavy atom. The summed E-state index contributed by atoms with van der Waals surface area (Å²) in [4.78, 5) is 0. The molecule has 4 heteroatoms. The fourth-order valence-electron chi connectivity index (χ4n) is 2.24. The summed E-state index contributed by atoms with van der Waals surface area (Å²) in [5, 5.41) is 4.56. The Bertz CT molecular complexity index is 378. The third kappa shape index (κ3) is 4.43. The lowest BCUT2D eigenvalue weighted by Crippen LogP contribution is -2.21. The lowest BCUT2D eigenvalue weighted by molar-refractivity contribution is 0.0603. The Labute approximate surface area is 119 Å². The van der Waals surface area contributed by atoms with Crippen molar-refractivity contribution in [3.05, 3.63) is 33.8 Å². The molecule has 0 radical (unpaired) electrons. The van der Waals surface area contributed by atoms with E-state index in [-0.39, 0.29) is 0 Å². The SMILES string of the molecule is Clc1ccc(CNCCOC2CCCC2)cc1Cl. The van der Waals surface area contributed by atoms with E-state index in [9.17, 15) is 0 Å². The molecule has 1 aromatic rings. The summed E-state index contributed by atoms with van der Waals surface area (Å²) in [7, 11) is 0. The standard InChI is InChI=1S/C14H19Cl2NO/c15-13-6-5-11(9-14(13)16)10-17-7-8-18-12-3-1-2-4-12/h5-6,9,12,17H,1-4,7-8,10H2. The molecule has 0 bridgehead atoms. The molecule has 0 aliphatic heterocycles. The highest BCUT2D eigenvalue weighted by molar-refractivity contribution is 6.42. The highest BCUT2D eigenvalue weighted by atomic mass is 35.5. The Morgan fingerprint density at radius 2 is 1.94 bits per heavy atom. The molecule has 1 saturated carbocycles. The van der Waals surface area contributed by atoms with Crippen LogP contribution in [0.25, 0.3) is 0 Å². The van der Waals surface area contributed by atoms with Gasteiger partial charge >= 0.3 is 0 Å². The molecule has 1 aliphatic rings. The molecule has 0 amide bonds. The minimum atomic E-state index is 0.497. The van der Waals surface area contributed by atoms with E-state index in [1.807, 2.05) is 18.2 Å². The van der Waals surface area contributed by atoms with Crippen molar-refractivity contribution in [1.29, 1.82) is 0 Å². The maximum Gasteiger partial charge on any atom is 0.0595 e. The van der Waals surface area contributed by atoms with Crippen molar-refractivity contribution >= 4 is 23.2 Å². The number of benzene rings is 1. The first kappa shape index (κ1) is 14.1. The molecule has 0 atom stereocenters. The Kier molecular flexibility index (Phi) is 5.77. The molecule has 1 aliphatic carbocycles. The van der Waals surface area contributed by atoms with E-state index in [0.717, 1.165) is 25.3 Å². The lowest BCUT2D eigenvalue weighted by Gasteiger charge is -2.11. The topological polar surface area (TPSA) is 21.3 Å². The van der Waals surface area contributed by atoms with E-state index in [2.05, 4.69) is 5.32 Å². The molecule has 0 aromatic heterocycles. The smallest absolute Gasteiger partial charge is 0.0595 e. The Hall–Kier alpha value is -0.280. The minimum Gasteiger partial charge on any atom is -0.377 e. The molecule has 2 nitrogen and oxygen atoms in total. The summed E-state index contributed by atoms with van der Waals surface area (Å²) in [6.07, 6.45) is 5.60. The van der Waals surface area contributed by atoms with Crippen LogP contribution in [0.5, 0.6) is 0 Å². The summed E-state index contributed by atoms with van der Waals surface area (Å²) in [6, 6.07) is 5.71. The highest BCUT2D eigenvalue weighted by Crippen LogP contribution is 2.22. The molecule has 0 spiro atoms. The van der Waals surface area contributed by atoms with Crippen LogP contribution in [0.15, 0.2) is 18.2 Å². The number of halogens is 2. The molecule has 1 aromatic carbocycles. The van der Waals surface area contributed by atoms with E-state index in [4.69, 9.17) is 27.9 Å². The van der Waals surface area contributed by atoms with E-state index >= 15 is 0 Å². The first-order valence-electron chi connectivity index (χ1n) is 6.52. The largest absolute Gasteiger partial charge is 0.377 e. The number of rotatable bonds is 6. The molecule has 0 saturated heterocycles. The average Bonchev–Trinajstić information content (AvgIpc) is 2.86.